The number of likely N-dealkylation sites (tertiary alicyclic amines) is 1. The summed E-state index contributed by atoms with van der Waals surface area (Å²) in [5.74, 6) is 0.765. The molecule has 1 amide bonds. The molecule has 2 unspecified atom stereocenters. The summed E-state index contributed by atoms with van der Waals surface area (Å²) in [6.07, 6.45) is 2.07. The molecule has 2 fully saturated rings. The SMILES string of the molecule is N[C@H]1CCN(C(=O)CNC2CC2c2ccccc2)C1. The third-order valence-electron chi connectivity index (χ3n) is 4.11. The van der Waals surface area contributed by atoms with Gasteiger partial charge >= 0.3 is 0 Å². The lowest BCUT2D eigenvalue weighted by molar-refractivity contribution is -0.129. The molecule has 0 spiro atoms. The van der Waals surface area contributed by atoms with E-state index in [9.17, 15) is 4.79 Å². The Balaban J connectivity index is 1.43. The maximum atomic E-state index is 12.0. The predicted molar refractivity (Wildman–Crippen MR) is 74.8 cm³/mol. The molecule has 2 aliphatic rings. The standard InChI is InChI=1S/C15H21N3O/c16-12-6-7-18(10-12)15(19)9-17-14-8-13(14)11-4-2-1-3-5-11/h1-5,12-14,17H,6-10,16H2/t12-,13?,14?/m0/s1. The summed E-state index contributed by atoms with van der Waals surface area (Å²) in [6, 6.07) is 11.1. The summed E-state index contributed by atoms with van der Waals surface area (Å²) in [6.45, 7) is 1.97. The molecule has 102 valence electrons. The van der Waals surface area contributed by atoms with Gasteiger partial charge in [-0.3, -0.25) is 4.79 Å². The molecule has 3 N–H and O–H groups in total. The number of nitrogens with zero attached hydrogens (tertiary/aromatic N) is 1. The molecule has 4 heteroatoms. The molecule has 1 heterocycles. The summed E-state index contributed by atoms with van der Waals surface area (Å²) in [4.78, 5) is 13.8. The highest BCUT2D eigenvalue weighted by atomic mass is 16.2. The first-order valence-electron chi connectivity index (χ1n) is 7.05. The van der Waals surface area contributed by atoms with Gasteiger partial charge < -0.3 is 16.0 Å². The molecular formula is C15H21N3O. The second kappa shape index (κ2) is 5.31. The minimum atomic E-state index is 0.168. The van der Waals surface area contributed by atoms with Crippen LogP contribution in [0, 0.1) is 0 Å². The van der Waals surface area contributed by atoms with Gasteiger partial charge in [-0.25, -0.2) is 0 Å². The van der Waals surface area contributed by atoms with Crippen LogP contribution in [-0.4, -0.2) is 42.5 Å². The van der Waals surface area contributed by atoms with Crippen LogP contribution in [0.1, 0.15) is 24.3 Å². The van der Waals surface area contributed by atoms with E-state index in [0.717, 1.165) is 19.4 Å². The van der Waals surface area contributed by atoms with Crippen LogP contribution in [0.15, 0.2) is 30.3 Å². The number of rotatable bonds is 4. The lowest BCUT2D eigenvalue weighted by Crippen LogP contribution is -2.39. The topological polar surface area (TPSA) is 58.4 Å². The van der Waals surface area contributed by atoms with Crippen molar-refractivity contribution in [3.8, 4) is 0 Å². The van der Waals surface area contributed by atoms with Crippen molar-refractivity contribution in [3.63, 3.8) is 0 Å². The molecule has 0 aromatic heterocycles. The van der Waals surface area contributed by atoms with Gasteiger partial charge in [0.25, 0.3) is 0 Å². The van der Waals surface area contributed by atoms with E-state index < -0.39 is 0 Å². The maximum Gasteiger partial charge on any atom is 0.236 e. The molecule has 1 aromatic rings. The molecule has 3 atom stereocenters. The average molecular weight is 259 g/mol. The van der Waals surface area contributed by atoms with E-state index >= 15 is 0 Å². The molecule has 0 radical (unpaired) electrons. The third kappa shape index (κ3) is 2.96. The smallest absolute Gasteiger partial charge is 0.236 e. The monoisotopic (exact) mass is 259 g/mol. The van der Waals surface area contributed by atoms with Crippen LogP contribution in [0.4, 0.5) is 0 Å². The molecule has 1 aromatic carbocycles. The Morgan fingerprint density at radius 1 is 1.37 bits per heavy atom. The number of hydrogen-bond acceptors (Lipinski definition) is 3. The van der Waals surface area contributed by atoms with Crippen LogP contribution in [0.3, 0.4) is 0 Å². The van der Waals surface area contributed by atoms with Crippen LogP contribution in [0.5, 0.6) is 0 Å². The number of carbonyl (C=O) groups excluding carboxylic acids is 1. The van der Waals surface area contributed by atoms with Gasteiger partial charge in [0.05, 0.1) is 6.54 Å². The number of amides is 1. The minimum Gasteiger partial charge on any atom is -0.340 e. The first kappa shape index (κ1) is 12.6. The van der Waals surface area contributed by atoms with Crippen LogP contribution in [-0.2, 0) is 4.79 Å². The summed E-state index contributed by atoms with van der Waals surface area (Å²) >= 11 is 0. The van der Waals surface area contributed by atoms with Crippen LogP contribution < -0.4 is 11.1 Å². The molecule has 4 nitrogen and oxygen atoms in total. The van der Waals surface area contributed by atoms with E-state index in [1.54, 1.807) is 0 Å². The van der Waals surface area contributed by atoms with Crippen LogP contribution in [0.2, 0.25) is 0 Å². The molecule has 19 heavy (non-hydrogen) atoms. The Hall–Kier alpha value is -1.39. The molecule has 0 bridgehead atoms. The van der Waals surface area contributed by atoms with E-state index in [1.165, 1.54) is 5.56 Å². The first-order valence-corrected chi connectivity index (χ1v) is 7.05. The molecule has 1 saturated heterocycles. The van der Waals surface area contributed by atoms with Gasteiger partial charge in [-0.15, -0.1) is 0 Å². The third-order valence-corrected chi connectivity index (χ3v) is 4.11. The Bertz CT molecular complexity index is 448. The van der Waals surface area contributed by atoms with Gasteiger partial charge in [0.2, 0.25) is 5.91 Å². The normalized spacial score (nSPS) is 29.5. The van der Waals surface area contributed by atoms with Crippen molar-refractivity contribution in [2.45, 2.75) is 30.8 Å². The summed E-state index contributed by atoms with van der Waals surface area (Å²) in [5, 5.41) is 3.36. The van der Waals surface area contributed by atoms with Gasteiger partial charge in [0.1, 0.15) is 0 Å². The minimum absolute atomic E-state index is 0.168. The molecule has 1 aliphatic heterocycles. The summed E-state index contributed by atoms with van der Waals surface area (Å²) < 4.78 is 0. The van der Waals surface area contributed by atoms with Gasteiger partial charge in [-0.05, 0) is 18.4 Å². The second-order valence-electron chi connectivity index (χ2n) is 5.63. The van der Waals surface area contributed by atoms with Crippen molar-refractivity contribution >= 4 is 5.91 Å². The highest BCUT2D eigenvalue weighted by Crippen LogP contribution is 2.40. The zero-order valence-corrected chi connectivity index (χ0v) is 11.1. The predicted octanol–water partition coefficient (Wildman–Crippen LogP) is 0.692. The van der Waals surface area contributed by atoms with Crippen molar-refractivity contribution in [1.82, 2.24) is 10.2 Å². The van der Waals surface area contributed by atoms with Crippen molar-refractivity contribution in [1.29, 1.82) is 0 Å². The van der Waals surface area contributed by atoms with E-state index in [-0.39, 0.29) is 11.9 Å². The Morgan fingerprint density at radius 3 is 2.84 bits per heavy atom. The molecule has 3 rings (SSSR count). The van der Waals surface area contributed by atoms with E-state index in [2.05, 4.69) is 29.6 Å². The fourth-order valence-corrected chi connectivity index (χ4v) is 2.83. The Kier molecular flexibility index (Phi) is 3.53. The zero-order valence-electron chi connectivity index (χ0n) is 11.1. The first-order chi connectivity index (χ1) is 9.24. The zero-order chi connectivity index (χ0) is 13.2. The highest BCUT2D eigenvalue weighted by molar-refractivity contribution is 5.78. The van der Waals surface area contributed by atoms with Gasteiger partial charge in [-0.2, -0.15) is 0 Å². The van der Waals surface area contributed by atoms with E-state index in [4.69, 9.17) is 5.73 Å². The Morgan fingerprint density at radius 2 is 2.16 bits per heavy atom. The van der Waals surface area contributed by atoms with Gasteiger partial charge in [-0.1, -0.05) is 30.3 Å². The highest BCUT2D eigenvalue weighted by Gasteiger charge is 2.38. The van der Waals surface area contributed by atoms with E-state index in [1.807, 2.05) is 11.0 Å². The van der Waals surface area contributed by atoms with Gasteiger partial charge in [0.15, 0.2) is 0 Å². The number of carbonyl (C=O) groups is 1. The van der Waals surface area contributed by atoms with Crippen molar-refractivity contribution < 1.29 is 4.79 Å². The lowest BCUT2D eigenvalue weighted by atomic mass is 10.1. The van der Waals surface area contributed by atoms with Crippen molar-refractivity contribution in [2.24, 2.45) is 5.73 Å². The average Bonchev–Trinajstić information content (AvgIpc) is 3.09. The van der Waals surface area contributed by atoms with Crippen molar-refractivity contribution in [2.75, 3.05) is 19.6 Å². The maximum absolute atomic E-state index is 12.0. The molecular weight excluding hydrogens is 238 g/mol. The second-order valence-corrected chi connectivity index (χ2v) is 5.63. The number of benzene rings is 1. The number of nitrogens with one attached hydrogen (secondary N) is 1. The molecule has 1 saturated carbocycles. The number of nitrogens with two attached hydrogens (primary N) is 1. The largest absolute Gasteiger partial charge is 0.340 e. The molecule has 1 aliphatic carbocycles. The van der Waals surface area contributed by atoms with Crippen molar-refractivity contribution in [3.05, 3.63) is 35.9 Å². The summed E-state index contributed by atoms with van der Waals surface area (Å²) in [7, 11) is 0. The Labute approximate surface area is 114 Å². The quantitative estimate of drug-likeness (QED) is 0.836. The fourth-order valence-electron chi connectivity index (χ4n) is 2.83. The lowest BCUT2D eigenvalue weighted by Gasteiger charge is -2.16. The van der Waals surface area contributed by atoms with Crippen LogP contribution in [0.25, 0.3) is 0 Å². The summed E-state index contributed by atoms with van der Waals surface area (Å²) in [5.41, 5.74) is 7.19. The number of hydrogen-bond donors (Lipinski definition) is 2. The fraction of sp³-hybridized carbons (Fsp3) is 0.533. The van der Waals surface area contributed by atoms with Gasteiger partial charge in [0, 0.05) is 31.1 Å². The van der Waals surface area contributed by atoms with Crippen LogP contribution >= 0.6 is 0 Å². The van der Waals surface area contributed by atoms with E-state index in [0.29, 0.717) is 25.0 Å².